The van der Waals surface area contributed by atoms with Crippen LogP contribution < -0.4 is 10.1 Å². The Kier molecular flexibility index (Phi) is 4.68. The molecule has 0 aliphatic carbocycles. The van der Waals surface area contributed by atoms with Crippen molar-refractivity contribution < 1.29 is 13.9 Å². The summed E-state index contributed by atoms with van der Waals surface area (Å²) in [6.45, 7) is 0.620. The molecular formula is C16H14FN3O2S. The quantitative estimate of drug-likeness (QED) is 0.755. The van der Waals surface area contributed by atoms with E-state index in [4.69, 9.17) is 4.74 Å². The highest BCUT2D eigenvalue weighted by atomic mass is 32.1. The fourth-order valence-electron chi connectivity index (χ4n) is 1.92. The third-order valence-corrected chi connectivity index (χ3v) is 3.88. The molecule has 0 atom stereocenters. The van der Waals surface area contributed by atoms with Crippen molar-refractivity contribution in [2.75, 3.05) is 0 Å². The van der Waals surface area contributed by atoms with Crippen LogP contribution in [-0.4, -0.2) is 15.7 Å². The Morgan fingerprint density at radius 3 is 2.83 bits per heavy atom. The number of ether oxygens (including phenoxy) is 1. The molecular weight excluding hydrogens is 317 g/mol. The maximum Gasteiger partial charge on any atom is 0.242 e. The van der Waals surface area contributed by atoms with Gasteiger partial charge in [-0.15, -0.1) is 11.3 Å². The van der Waals surface area contributed by atoms with Crippen molar-refractivity contribution in [3.63, 3.8) is 0 Å². The molecule has 0 aliphatic rings. The Labute approximate surface area is 136 Å². The van der Waals surface area contributed by atoms with Crippen LogP contribution in [0.25, 0.3) is 0 Å². The summed E-state index contributed by atoms with van der Waals surface area (Å²) in [6.07, 6.45) is 3.13. The molecule has 0 saturated heterocycles. The van der Waals surface area contributed by atoms with Gasteiger partial charge in [-0.1, -0.05) is 6.07 Å². The molecule has 7 heteroatoms. The lowest BCUT2D eigenvalue weighted by atomic mass is 10.3. The normalized spacial score (nSPS) is 10.5. The summed E-state index contributed by atoms with van der Waals surface area (Å²) in [5.41, 5.74) is 0. The van der Waals surface area contributed by atoms with Crippen molar-refractivity contribution in [2.24, 2.45) is 0 Å². The van der Waals surface area contributed by atoms with Crippen molar-refractivity contribution in [3.05, 3.63) is 64.9 Å². The molecule has 1 aromatic carbocycles. The number of nitrogens with zero attached hydrogens (tertiary/aromatic N) is 2. The SMILES string of the molecule is O=C(Cn1cc(Oc2ccc(F)cc2)cn1)NCc1cccs1. The van der Waals surface area contributed by atoms with Gasteiger partial charge >= 0.3 is 0 Å². The number of halogens is 1. The van der Waals surface area contributed by atoms with E-state index in [2.05, 4.69) is 10.4 Å². The van der Waals surface area contributed by atoms with Gasteiger partial charge in [0.15, 0.2) is 5.75 Å². The highest BCUT2D eigenvalue weighted by molar-refractivity contribution is 7.09. The molecule has 3 aromatic rings. The first kappa shape index (κ1) is 15.2. The summed E-state index contributed by atoms with van der Waals surface area (Å²) >= 11 is 1.59. The van der Waals surface area contributed by atoms with Crippen LogP contribution in [0, 0.1) is 5.82 Å². The predicted octanol–water partition coefficient (Wildman–Crippen LogP) is 3.19. The van der Waals surface area contributed by atoms with Gasteiger partial charge in [0.05, 0.1) is 18.9 Å². The number of hydrogen-bond acceptors (Lipinski definition) is 4. The average Bonchev–Trinajstić information content (AvgIpc) is 3.20. The average molecular weight is 331 g/mol. The highest BCUT2D eigenvalue weighted by Gasteiger charge is 2.06. The molecule has 0 unspecified atom stereocenters. The summed E-state index contributed by atoms with van der Waals surface area (Å²) in [5, 5.41) is 8.87. The summed E-state index contributed by atoms with van der Waals surface area (Å²) in [7, 11) is 0. The van der Waals surface area contributed by atoms with E-state index in [0.29, 0.717) is 18.0 Å². The molecule has 0 spiro atoms. The van der Waals surface area contributed by atoms with E-state index >= 15 is 0 Å². The molecule has 5 nitrogen and oxygen atoms in total. The number of hydrogen-bond donors (Lipinski definition) is 1. The van der Waals surface area contributed by atoms with Crippen LogP contribution in [0.4, 0.5) is 4.39 Å². The molecule has 1 N–H and O–H groups in total. The standard InChI is InChI=1S/C16H14FN3O2S/c17-12-3-5-13(6-4-12)22-14-8-19-20(10-14)11-16(21)18-9-15-2-1-7-23-15/h1-8,10H,9,11H2,(H,18,21). The van der Waals surface area contributed by atoms with Crippen molar-refractivity contribution in [3.8, 4) is 11.5 Å². The molecule has 1 amide bonds. The van der Waals surface area contributed by atoms with Gasteiger partial charge in [0.1, 0.15) is 18.1 Å². The Bertz CT molecular complexity index is 769. The van der Waals surface area contributed by atoms with E-state index in [-0.39, 0.29) is 18.3 Å². The van der Waals surface area contributed by atoms with Crippen LogP contribution in [0.15, 0.2) is 54.2 Å². The van der Waals surface area contributed by atoms with E-state index in [9.17, 15) is 9.18 Å². The third-order valence-electron chi connectivity index (χ3n) is 3.00. The second-order valence-corrected chi connectivity index (χ2v) is 5.82. The van der Waals surface area contributed by atoms with Gasteiger partial charge in [0.2, 0.25) is 5.91 Å². The van der Waals surface area contributed by atoms with E-state index in [0.717, 1.165) is 4.88 Å². The van der Waals surface area contributed by atoms with Crippen LogP contribution in [0.1, 0.15) is 4.88 Å². The van der Waals surface area contributed by atoms with Crippen LogP contribution in [-0.2, 0) is 17.9 Å². The van der Waals surface area contributed by atoms with Gasteiger partial charge in [-0.05, 0) is 35.7 Å². The number of amides is 1. The largest absolute Gasteiger partial charge is 0.454 e. The maximum absolute atomic E-state index is 12.8. The van der Waals surface area contributed by atoms with Crippen LogP contribution in [0.5, 0.6) is 11.5 Å². The number of rotatable bonds is 6. The van der Waals surface area contributed by atoms with Crippen molar-refractivity contribution in [1.29, 1.82) is 0 Å². The number of benzene rings is 1. The lowest BCUT2D eigenvalue weighted by Crippen LogP contribution is -2.26. The zero-order chi connectivity index (χ0) is 16.1. The van der Waals surface area contributed by atoms with E-state index in [1.165, 1.54) is 35.1 Å². The number of carbonyl (C=O) groups is 1. The number of aromatic nitrogens is 2. The van der Waals surface area contributed by atoms with Crippen LogP contribution in [0.2, 0.25) is 0 Å². The molecule has 0 aliphatic heterocycles. The Morgan fingerprint density at radius 1 is 1.26 bits per heavy atom. The minimum Gasteiger partial charge on any atom is -0.454 e. The second kappa shape index (κ2) is 7.06. The van der Waals surface area contributed by atoms with E-state index < -0.39 is 0 Å². The van der Waals surface area contributed by atoms with Gasteiger partial charge < -0.3 is 10.1 Å². The molecule has 2 heterocycles. The van der Waals surface area contributed by atoms with Crippen molar-refractivity contribution >= 4 is 17.2 Å². The van der Waals surface area contributed by atoms with Gasteiger partial charge in [0.25, 0.3) is 0 Å². The zero-order valence-corrected chi connectivity index (χ0v) is 12.9. The minimum absolute atomic E-state index is 0.109. The maximum atomic E-state index is 12.8. The zero-order valence-electron chi connectivity index (χ0n) is 12.1. The molecule has 0 saturated carbocycles. The Balaban J connectivity index is 1.52. The number of nitrogens with one attached hydrogen (secondary N) is 1. The van der Waals surface area contributed by atoms with Gasteiger partial charge in [-0.25, -0.2) is 4.39 Å². The van der Waals surface area contributed by atoms with Gasteiger partial charge in [0, 0.05) is 4.88 Å². The number of carbonyl (C=O) groups excluding carboxylic acids is 1. The summed E-state index contributed by atoms with van der Waals surface area (Å²) in [6, 6.07) is 9.60. The van der Waals surface area contributed by atoms with E-state index in [1.54, 1.807) is 17.5 Å². The predicted molar refractivity (Wildman–Crippen MR) is 84.9 cm³/mol. The minimum atomic E-state index is -0.324. The van der Waals surface area contributed by atoms with Gasteiger partial charge in [-0.2, -0.15) is 5.10 Å². The summed E-state index contributed by atoms with van der Waals surface area (Å²) in [4.78, 5) is 13.0. The summed E-state index contributed by atoms with van der Waals surface area (Å²) in [5.74, 6) is 0.543. The lowest BCUT2D eigenvalue weighted by Gasteiger charge is -2.04. The smallest absolute Gasteiger partial charge is 0.242 e. The highest BCUT2D eigenvalue weighted by Crippen LogP contribution is 2.20. The first-order chi connectivity index (χ1) is 11.2. The van der Waals surface area contributed by atoms with Gasteiger partial charge in [-0.3, -0.25) is 9.48 Å². The molecule has 0 fully saturated rings. The topological polar surface area (TPSA) is 56.2 Å². The second-order valence-electron chi connectivity index (χ2n) is 4.79. The fraction of sp³-hybridized carbons (Fsp3) is 0.125. The fourth-order valence-corrected chi connectivity index (χ4v) is 2.57. The molecule has 3 rings (SSSR count). The Morgan fingerprint density at radius 2 is 2.09 bits per heavy atom. The third kappa shape index (κ3) is 4.40. The first-order valence-electron chi connectivity index (χ1n) is 6.94. The van der Waals surface area contributed by atoms with Crippen molar-refractivity contribution in [2.45, 2.75) is 13.1 Å². The van der Waals surface area contributed by atoms with Crippen molar-refractivity contribution in [1.82, 2.24) is 15.1 Å². The summed E-state index contributed by atoms with van der Waals surface area (Å²) < 4.78 is 19.9. The number of thiophene rings is 1. The molecule has 0 radical (unpaired) electrons. The monoisotopic (exact) mass is 331 g/mol. The van der Waals surface area contributed by atoms with Crippen LogP contribution >= 0.6 is 11.3 Å². The molecule has 118 valence electrons. The van der Waals surface area contributed by atoms with Crippen LogP contribution in [0.3, 0.4) is 0 Å². The Hall–Kier alpha value is -2.67. The lowest BCUT2D eigenvalue weighted by molar-refractivity contribution is -0.122. The van der Waals surface area contributed by atoms with E-state index in [1.807, 2.05) is 17.5 Å². The molecule has 0 bridgehead atoms. The molecule has 23 heavy (non-hydrogen) atoms. The first-order valence-corrected chi connectivity index (χ1v) is 7.82. The molecule has 2 aromatic heterocycles.